The molecule has 0 radical (unpaired) electrons. The zero-order valence-electron chi connectivity index (χ0n) is 17.4. The van der Waals surface area contributed by atoms with Gasteiger partial charge in [0, 0.05) is 11.8 Å². The van der Waals surface area contributed by atoms with Crippen molar-refractivity contribution in [1.29, 1.82) is 0 Å². The number of benzene rings is 2. The molecule has 1 amide bonds. The second-order valence-electron chi connectivity index (χ2n) is 6.90. The standard InChI is InChI=1S/C22H29NO5S/c1-5-12-27-20-11-10-17(15-21(20)28-13-6-2)16(3)23-22(24)18-8-7-9-19(14-18)29(4,25)26/h7-11,14-16H,5-6,12-13H2,1-4H3,(H,23,24). The van der Waals surface area contributed by atoms with Crippen LogP contribution in [0.3, 0.4) is 0 Å². The van der Waals surface area contributed by atoms with Gasteiger partial charge in [-0.15, -0.1) is 0 Å². The number of sulfone groups is 1. The van der Waals surface area contributed by atoms with E-state index in [2.05, 4.69) is 5.32 Å². The fourth-order valence-corrected chi connectivity index (χ4v) is 3.35. The third-order valence-corrected chi connectivity index (χ3v) is 5.37. The van der Waals surface area contributed by atoms with Crippen molar-refractivity contribution in [2.24, 2.45) is 0 Å². The monoisotopic (exact) mass is 419 g/mol. The molecule has 0 heterocycles. The number of ether oxygens (including phenoxy) is 2. The van der Waals surface area contributed by atoms with Crippen LogP contribution in [0.15, 0.2) is 47.4 Å². The van der Waals surface area contributed by atoms with Crippen molar-refractivity contribution in [3.8, 4) is 11.5 Å². The van der Waals surface area contributed by atoms with Gasteiger partial charge in [0.25, 0.3) is 5.91 Å². The fraction of sp³-hybridized carbons (Fsp3) is 0.409. The van der Waals surface area contributed by atoms with Gasteiger partial charge in [-0.25, -0.2) is 8.42 Å². The predicted octanol–water partition coefficient (Wildman–Crippen LogP) is 4.16. The molecule has 29 heavy (non-hydrogen) atoms. The van der Waals surface area contributed by atoms with Crippen molar-refractivity contribution in [1.82, 2.24) is 5.32 Å². The van der Waals surface area contributed by atoms with Gasteiger partial charge in [0.05, 0.1) is 24.2 Å². The number of carbonyl (C=O) groups is 1. The molecular formula is C22H29NO5S. The van der Waals surface area contributed by atoms with Gasteiger partial charge in [-0.1, -0.05) is 26.0 Å². The molecule has 6 nitrogen and oxygen atoms in total. The van der Waals surface area contributed by atoms with Gasteiger partial charge < -0.3 is 14.8 Å². The van der Waals surface area contributed by atoms with Crippen LogP contribution in [0, 0.1) is 0 Å². The summed E-state index contributed by atoms with van der Waals surface area (Å²) in [5, 5.41) is 2.91. The number of carbonyl (C=O) groups excluding carboxylic acids is 1. The zero-order valence-corrected chi connectivity index (χ0v) is 18.2. The first-order valence-corrected chi connectivity index (χ1v) is 11.7. The lowest BCUT2D eigenvalue weighted by molar-refractivity contribution is 0.0939. The fourth-order valence-electron chi connectivity index (χ4n) is 2.68. The Morgan fingerprint density at radius 2 is 1.66 bits per heavy atom. The van der Waals surface area contributed by atoms with E-state index in [1.807, 2.05) is 39.0 Å². The van der Waals surface area contributed by atoms with Gasteiger partial charge in [0.15, 0.2) is 21.3 Å². The van der Waals surface area contributed by atoms with Crippen LogP contribution in [0.25, 0.3) is 0 Å². The van der Waals surface area contributed by atoms with Gasteiger partial charge in [0.2, 0.25) is 0 Å². The van der Waals surface area contributed by atoms with Gasteiger partial charge in [-0.3, -0.25) is 4.79 Å². The molecular weight excluding hydrogens is 390 g/mol. The first-order valence-electron chi connectivity index (χ1n) is 9.76. The first-order chi connectivity index (χ1) is 13.8. The summed E-state index contributed by atoms with van der Waals surface area (Å²) in [7, 11) is -3.38. The van der Waals surface area contributed by atoms with Crippen LogP contribution in [-0.2, 0) is 9.84 Å². The molecule has 0 aromatic heterocycles. The largest absolute Gasteiger partial charge is 0.490 e. The van der Waals surface area contributed by atoms with Crippen molar-refractivity contribution >= 4 is 15.7 Å². The number of hydrogen-bond donors (Lipinski definition) is 1. The molecule has 2 aromatic carbocycles. The summed E-state index contributed by atoms with van der Waals surface area (Å²) in [6.07, 6.45) is 2.89. The maximum Gasteiger partial charge on any atom is 0.251 e. The van der Waals surface area contributed by atoms with E-state index in [-0.39, 0.29) is 16.8 Å². The highest BCUT2D eigenvalue weighted by atomic mass is 32.2. The molecule has 0 aliphatic rings. The minimum absolute atomic E-state index is 0.116. The highest BCUT2D eigenvalue weighted by molar-refractivity contribution is 7.90. The maximum absolute atomic E-state index is 12.6. The van der Waals surface area contributed by atoms with E-state index in [4.69, 9.17) is 9.47 Å². The van der Waals surface area contributed by atoms with Gasteiger partial charge in [-0.05, 0) is 55.7 Å². The number of hydrogen-bond acceptors (Lipinski definition) is 5. The van der Waals surface area contributed by atoms with E-state index >= 15 is 0 Å². The van der Waals surface area contributed by atoms with Crippen molar-refractivity contribution in [3.63, 3.8) is 0 Å². The number of amides is 1. The van der Waals surface area contributed by atoms with Crippen LogP contribution < -0.4 is 14.8 Å². The molecule has 2 aromatic rings. The van der Waals surface area contributed by atoms with Crippen molar-refractivity contribution < 1.29 is 22.7 Å². The Hall–Kier alpha value is -2.54. The predicted molar refractivity (Wildman–Crippen MR) is 113 cm³/mol. The Morgan fingerprint density at radius 3 is 2.28 bits per heavy atom. The average molecular weight is 420 g/mol. The molecule has 0 aliphatic carbocycles. The Bertz CT molecular complexity index is 940. The molecule has 0 aliphatic heterocycles. The first kappa shape index (κ1) is 22.7. The highest BCUT2D eigenvalue weighted by Gasteiger charge is 2.16. The lowest BCUT2D eigenvalue weighted by Crippen LogP contribution is -2.26. The summed E-state index contributed by atoms with van der Waals surface area (Å²) in [5.41, 5.74) is 1.16. The molecule has 7 heteroatoms. The van der Waals surface area contributed by atoms with Crippen LogP contribution in [0.1, 0.15) is 55.6 Å². The van der Waals surface area contributed by atoms with E-state index in [0.717, 1.165) is 24.7 Å². The third-order valence-electron chi connectivity index (χ3n) is 4.26. The van der Waals surface area contributed by atoms with Crippen LogP contribution in [0.5, 0.6) is 11.5 Å². The summed E-state index contributed by atoms with van der Waals surface area (Å²) in [6.45, 7) is 7.11. The third kappa shape index (κ3) is 6.49. The second-order valence-corrected chi connectivity index (χ2v) is 8.91. The number of rotatable bonds is 10. The molecule has 1 N–H and O–H groups in total. The van der Waals surface area contributed by atoms with E-state index in [0.29, 0.717) is 30.3 Å². The summed E-state index contributed by atoms with van der Waals surface area (Å²) < 4.78 is 35.0. The summed E-state index contributed by atoms with van der Waals surface area (Å²) in [5.74, 6) is 0.992. The smallest absolute Gasteiger partial charge is 0.251 e. The molecule has 1 atom stereocenters. The molecule has 158 valence electrons. The molecule has 0 saturated carbocycles. The van der Waals surface area contributed by atoms with Crippen molar-refractivity contribution in [2.45, 2.75) is 44.6 Å². The lowest BCUT2D eigenvalue weighted by atomic mass is 10.1. The van der Waals surface area contributed by atoms with E-state index in [1.54, 1.807) is 12.1 Å². The summed E-state index contributed by atoms with van der Waals surface area (Å²) in [6, 6.07) is 11.3. The topological polar surface area (TPSA) is 81.7 Å². The Labute approximate surface area is 173 Å². The van der Waals surface area contributed by atoms with Crippen LogP contribution >= 0.6 is 0 Å². The molecule has 0 bridgehead atoms. The Kier molecular flexibility index (Phi) is 8.08. The van der Waals surface area contributed by atoms with Gasteiger partial charge >= 0.3 is 0 Å². The lowest BCUT2D eigenvalue weighted by Gasteiger charge is -2.18. The minimum atomic E-state index is -3.38. The van der Waals surface area contributed by atoms with E-state index < -0.39 is 9.84 Å². The molecule has 0 fully saturated rings. The van der Waals surface area contributed by atoms with Crippen molar-refractivity contribution in [3.05, 3.63) is 53.6 Å². The molecule has 0 saturated heterocycles. The average Bonchev–Trinajstić information content (AvgIpc) is 2.70. The quantitative estimate of drug-likeness (QED) is 0.625. The Morgan fingerprint density at radius 1 is 1.00 bits per heavy atom. The Balaban J connectivity index is 2.19. The van der Waals surface area contributed by atoms with Gasteiger partial charge in [0.1, 0.15) is 0 Å². The molecule has 2 rings (SSSR count). The second kappa shape index (κ2) is 10.3. The van der Waals surface area contributed by atoms with Crippen LogP contribution in [0.4, 0.5) is 0 Å². The maximum atomic E-state index is 12.6. The van der Waals surface area contributed by atoms with Crippen molar-refractivity contribution in [2.75, 3.05) is 19.5 Å². The minimum Gasteiger partial charge on any atom is -0.490 e. The van der Waals surface area contributed by atoms with Crippen LogP contribution in [-0.4, -0.2) is 33.8 Å². The van der Waals surface area contributed by atoms with Gasteiger partial charge in [-0.2, -0.15) is 0 Å². The van der Waals surface area contributed by atoms with E-state index in [1.165, 1.54) is 12.1 Å². The zero-order chi connectivity index (χ0) is 21.4. The van der Waals surface area contributed by atoms with Crippen LogP contribution in [0.2, 0.25) is 0 Å². The normalized spacial score (nSPS) is 12.3. The SMILES string of the molecule is CCCOc1ccc(C(C)NC(=O)c2cccc(S(C)(=O)=O)c2)cc1OCCC. The number of nitrogens with one attached hydrogen (secondary N) is 1. The summed E-state index contributed by atoms with van der Waals surface area (Å²) >= 11 is 0. The highest BCUT2D eigenvalue weighted by Crippen LogP contribution is 2.31. The molecule has 0 spiro atoms. The summed E-state index contributed by atoms with van der Waals surface area (Å²) in [4.78, 5) is 12.7. The molecule has 1 unspecified atom stereocenters. The van der Waals surface area contributed by atoms with E-state index in [9.17, 15) is 13.2 Å².